The van der Waals surface area contributed by atoms with Gasteiger partial charge < -0.3 is 60.3 Å². The summed E-state index contributed by atoms with van der Waals surface area (Å²) in [5.41, 5.74) is 8.42. The number of carbonyl (C=O) groups excluding carboxylic acids is 3. The minimum Gasteiger partial charge on any atom is -0.494 e. The van der Waals surface area contributed by atoms with E-state index in [1.54, 1.807) is 127 Å². The first-order valence-corrected chi connectivity index (χ1v) is 41.6. The minimum absolute atomic E-state index is 0.290. The highest BCUT2D eigenvalue weighted by atomic mass is 16.5. The maximum atomic E-state index is 13.6. The largest absolute Gasteiger partial charge is 0.494 e. The standard InChI is InChI=1S/C96H105N15O9/c97-70-73-25-31-79(32-26-73)106-109-82-43-55-91(56-44-82)118-64-22-16-10-4-1-7-13-19-61-115-88-49-37-76(38-50-88)100-94(112)103-85-67-86(104-95(113)101-77-39-51-89(52-40-77)116-62-20-14-8-2-5-11-17-23-65-119-92-57-45-83(46-58-92)110-107-80-33-27-74(71-98)28-34-80)69-87(68-85)105-96(114)102-78-41-53-90(54-42-78)117-63-21-15-9-3-6-12-18-24-66-120-93-59-47-84(48-60-93)111-108-81-35-29-75(72-99)30-36-81/h25-60,67-69H,1-24,61-66H2,(H2,100,103,112)(H2,101,104,113)(H2,102,105,114). The van der Waals surface area contributed by atoms with Crippen molar-refractivity contribution in [2.75, 3.05) is 71.5 Å². The van der Waals surface area contributed by atoms with Crippen molar-refractivity contribution in [2.45, 2.75) is 154 Å². The molecule has 10 aromatic rings. The number of nitrogens with one attached hydrogen (secondary N) is 6. The van der Waals surface area contributed by atoms with Gasteiger partial charge in [0.05, 0.1) is 109 Å². The zero-order valence-corrected chi connectivity index (χ0v) is 67.9. The van der Waals surface area contributed by atoms with Gasteiger partial charge in [-0.05, 0) is 275 Å². The molecule has 0 fully saturated rings. The molecular formula is C96H105N15O9. The Morgan fingerprint density at radius 3 is 0.533 bits per heavy atom. The quantitative estimate of drug-likeness (QED) is 0.0153. The molecule has 0 bridgehead atoms. The Bertz CT molecular complexity index is 4430. The molecule has 0 heterocycles. The highest BCUT2D eigenvalue weighted by Gasteiger charge is 2.14. The third-order valence-electron chi connectivity index (χ3n) is 19.1. The Morgan fingerprint density at radius 2 is 0.358 bits per heavy atom. The first-order chi connectivity index (χ1) is 59.0. The van der Waals surface area contributed by atoms with E-state index in [0.29, 0.717) is 108 Å². The Labute approximate surface area is 703 Å². The summed E-state index contributed by atoms with van der Waals surface area (Å²) in [5, 5.41) is 69.7. The van der Waals surface area contributed by atoms with Crippen molar-refractivity contribution in [3.8, 4) is 52.7 Å². The molecule has 24 heteroatoms. The second-order valence-corrected chi connectivity index (χ2v) is 28.7. The van der Waals surface area contributed by atoms with Gasteiger partial charge in [0, 0.05) is 34.1 Å². The molecule has 0 aliphatic heterocycles. The molecule has 10 aromatic carbocycles. The number of anilines is 6. The molecule has 0 atom stereocenters. The van der Waals surface area contributed by atoms with Gasteiger partial charge in [-0.2, -0.15) is 46.5 Å². The number of nitriles is 3. The van der Waals surface area contributed by atoms with Gasteiger partial charge in [0.1, 0.15) is 34.5 Å². The van der Waals surface area contributed by atoms with Gasteiger partial charge in [0.25, 0.3) is 0 Å². The van der Waals surface area contributed by atoms with E-state index in [4.69, 9.17) is 44.2 Å². The van der Waals surface area contributed by atoms with E-state index in [1.165, 1.54) is 19.3 Å². The number of hydrogen-bond donors (Lipinski definition) is 6. The average Bonchev–Trinajstić information content (AvgIpc) is 0.838. The SMILES string of the molecule is N#Cc1ccc(N=Nc2ccc(OCCCCCCCCCCOc3ccc(NC(=O)Nc4cc(NC(=O)Nc5ccc(OCCCCCCCCCCOc6ccc(N=Nc7ccc(C#N)cc7)cc6)cc5)cc(NC(=O)Nc5ccc(OCCCCCCCCCCOc6ccc(N=Nc7ccc(C#N)cc7)cc6)cc5)c4)cc3)cc2)cc1. The van der Waals surface area contributed by atoms with E-state index in [9.17, 15) is 14.4 Å². The smallest absolute Gasteiger partial charge is 0.323 e. The van der Waals surface area contributed by atoms with E-state index in [0.717, 1.165) is 169 Å². The minimum atomic E-state index is -0.550. The molecule has 0 saturated heterocycles. The van der Waals surface area contributed by atoms with Crippen LogP contribution in [-0.2, 0) is 0 Å². The van der Waals surface area contributed by atoms with Crippen LogP contribution in [0.25, 0.3) is 0 Å². The van der Waals surface area contributed by atoms with Crippen LogP contribution in [0.15, 0.2) is 267 Å². The molecule has 10 rings (SSSR count). The monoisotopic (exact) mass is 1610 g/mol. The Kier molecular flexibility index (Phi) is 38.3. The molecule has 0 aromatic heterocycles. The first kappa shape index (κ1) is 88.4. The van der Waals surface area contributed by atoms with E-state index >= 15 is 0 Å². The van der Waals surface area contributed by atoms with E-state index in [2.05, 4.69) is 80.8 Å². The molecule has 0 aliphatic rings. The molecule has 0 spiro atoms. The molecule has 120 heavy (non-hydrogen) atoms. The fourth-order valence-electron chi connectivity index (χ4n) is 12.5. The number of azo groups is 3. The molecule has 0 aliphatic carbocycles. The summed E-state index contributed by atoms with van der Waals surface area (Å²) in [6.07, 6.45) is 26.1. The van der Waals surface area contributed by atoms with Gasteiger partial charge >= 0.3 is 18.1 Å². The zero-order chi connectivity index (χ0) is 83.5. The van der Waals surface area contributed by atoms with Crippen LogP contribution >= 0.6 is 0 Å². The van der Waals surface area contributed by atoms with Crippen molar-refractivity contribution >= 4 is 86.3 Å². The summed E-state index contributed by atoms with van der Waals surface area (Å²) in [5.74, 6) is 4.48. The topological polar surface area (TPSA) is 324 Å². The number of hydrogen-bond acceptors (Lipinski definition) is 18. The summed E-state index contributed by atoms with van der Waals surface area (Å²) in [6.45, 7) is 3.72. The number of urea groups is 3. The highest BCUT2D eigenvalue weighted by Crippen LogP contribution is 2.30. The Morgan fingerprint density at radius 1 is 0.208 bits per heavy atom. The molecule has 0 saturated carbocycles. The molecule has 24 nitrogen and oxygen atoms in total. The first-order valence-electron chi connectivity index (χ1n) is 41.6. The lowest BCUT2D eigenvalue weighted by molar-refractivity contribution is 0.261. The van der Waals surface area contributed by atoms with Gasteiger partial charge in [0.15, 0.2) is 0 Å². The fourth-order valence-corrected chi connectivity index (χ4v) is 12.5. The maximum Gasteiger partial charge on any atom is 0.323 e. The maximum absolute atomic E-state index is 13.6. The second-order valence-electron chi connectivity index (χ2n) is 28.7. The predicted molar refractivity (Wildman–Crippen MR) is 473 cm³/mol. The predicted octanol–water partition coefficient (Wildman–Crippen LogP) is 27.2. The van der Waals surface area contributed by atoms with Crippen molar-refractivity contribution < 1.29 is 42.8 Å². The van der Waals surface area contributed by atoms with Gasteiger partial charge in [-0.25, -0.2) is 14.4 Å². The zero-order valence-electron chi connectivity index (χ0n) is 67.9. The molecule has 6 amide bonds. The number of rotatable bonds is 51. The van der Waals surface area contributed by atoms with Crippen LogP contribution in [0.3, 0.4) is 0 Å². The molecule has 0 unspecified atom stereocenters. The van der Waals surface area contributed by atoms with Crippen molar-refractivity contribution in [2.24, 2.45) is 30.7 Å². The second kappa shape index (κ2) is 51.9. The van der Waals surface area contributed by atoms with Gasteiger partial charge in [-0.3, -0.25) is 0 Å². The number of unbranched alkanes of at least 4 members (excludes halogenated alkanes) is 21. The number of amides is 6. The summed E-state index contributed by atoms with van der Waals surface area (Å²) in [7, 11) is 0. The lowest BCUT2D eigenvalue weighted by Crippen LogP contribution is -2.22. The normalized spacial score (nSPS) is 11.0. The van der Waals surface area contributed by atoms with Crippen molar-refractivity contribution in [3.63, 3.8) is 0 Å². The lowest BCUT2D eigenvalue weighted by Gasteiger charge is -2.15. The molecule has 0 radical (unpaired) electrons. The lowest BCUT2D eigenvalue weighted by atomic mass is 10.1. The van der Waals surface area contributed by atoms with Crippen LogP contribution in [0.1, 0.15) is 171 Å². The third-order valence-corrected chi connectivity index (χ3v) is 19.1. The van der Waals surface area contributed by atoms with Crippen LogP contribution in [0, 0.1) is 34.0 Å². The third kappa shape index (κ3) is 34.9. The van der Waals surface area contributed by atoms with Crippen molar-refractivity contribution in [1.82, 2.24) is 0 Å². The summed E-state index contributed by atoms with van der Waals surface area (Å²) in [4.78, 5) is 40.7. The Hall–Kier alpha value is -13.9. The fraction of sp³-hybridized carbons (Fsp3) is 0.312. The number of benzene rings is 10. The van der Waals surface area contributed by atoms with E-state index in [1.807, 2.05) is 109 Å². The van der Waals surface area contributed by atoms with Gasteiger partial charge in [-0.1, -0.05) is 116 Å². The number of ether oxygens (including phenoxy) is 6. The van der Waals surface area contributed by atoms with Crippen LogP contribution in [0.5, 0.6) is 34.5 Å². The molecule has 618 valence electrons. The van der Waals surface area contributed by atoms with Crippen LogP contribution in [0.4, 0.5) is 82.6 Å². The molecule has 6 N–H and O–H groups in total. The van der Waals surface area contributed by atoms with Gasteiger partial charge in [-0.15, -0.1) is 0 Å². The number of carbonyl (C=O) groups is 3. The van der Waals surface area contributed by atoms with Crippen molar-refractivity contribution in [3.05, 3.63) is 253 Å². The summed E-state index contributed by atoms with van der Waals surface area (Å²) < 4.78 is 36.0. The van der Waals surface area contributed by atoms with Crippen molar-refractivity contribution in [1.29, 1.82) is 15.8 Å². The number of nitrogens with zero attached hydrogens (tertiary/aromatic N) is 9. The summed E-state index contributed by atoms with van der Waals surface area (Å²) in [6, 6.07) is 74.4. The van der Waals surface area contributed by atoms with Crippen LogP contribution in [0.2, 0.25) is 0 Å². The molecular weight excluding hydrogens is 1510 g/mol. The Balaban J connectivity index is 0.596. The van der Waals surface area contributed by atoms with E-state index in [-0.39, 0.29) is 17.1 Å². The van der Waals surface area contributed by atoms with Crippen LogP contribution in [-0.4, -0.2) is 57.7 Å². The summed E-state index contributed by atoms with van der Waals surface area (Å²) >= 11 is 0. The van der Waals surface area contributed by atoms with Crippen LogP contribution < -0.4 is 60.3 Å². The average molecular weight is 1610 g/mol. The van der Waals surface area contributed by atoms with E-state index < -0.39 is 18.1 Å². The van der Waals surface area contributed by atoms with Gasteiger partial charge in [0.2, 0.25) is 0 Å². The highest BCUT2D eigenvalue weighted by molar-refractivity contribution is 6.05.